The number of sulfonamides is 1. The SMILES string of the molecule is NCCOCCN(c1ccccc1NCCOc1ccc(Cl)cc1)S(=O)(=O)c1cccc2ccccc12. The van der Waals surface area contributed by atoms with Crippen molar-refractivity contribution in [1.82, 2.24) is 0 Å². The Hall–Kier alpha value is -3.30. The third kappa shape index (κ3) is 6.72. The first-order valence-electron chi connectivity index (χ1n) is 12.0. The summed E-state index contributed by atoms with van der Waals surface area (Å²) in [5.74, 6) is 0.705. The molecule has 37 heavy (non-hydrogen) atoms. The van der Waals surface area contributed by atoms with Gasteiger partial charge >= 0.3 is 0 Å². The molecule has 0 unspecified atom stereocenters. The number of benzene rings is 4. The van der Waals surface area contributed by atoms with Crippen molar-refractivity contribution in [2.45, 2.75) is 4.90 Å². The Morgan fingerprint density at radius 3 is 2.38 bits per heavy atom. The first-order valence-corrected chi connectivity index (χ1v) is 13.8. The van der Waals surface area contributed by atoms with Crippen molar-refractivity contribution in [2.24, 2.45) is 5.73 Å². The second kappa shape index (κ2) is 12.8. The largest absolute Gasteiger partial charge is 0.492 e. The molecule has 0 fully saturated rings. The van der Waals surface area contributed by atoms with Crippen molar-refractivity contribution in [3.05, 3.63) is 96.0 Å². The lowest BCUT2D eigenvalue weighted by Crippen LogP contribution is -2.35. The molecule has 4 rings (SSSR count). The number of nitrogens with one attached hydrogen (secondary N) is 1. The minimum Gasteiger partial charge on any atom is -0.492 e. The van der Waals surface area contributed by atoms with Crippen LogP contribution in [0.15, 0.2) is 95.9 Å². The molecule has 0 heterocycles. The van der Waals surface area contributed by atoms with Crippen LogP contribution in [0.5, 0.6) is 5.75 Å². The zero-order valence-electron chi connectivity index (χ0n) is 20.3. The van der Waals surface area contributed by atoms with E-state index in [4.69, 9.17) is 26.8 Å². The predicted octanol–water partition coefficient (Wildman–Crippen LogP) is 5.15. The highest BCUT2D eigenvalue weighted by molar-refractivity contribution is 7.93. The quantitative estimate of drug-likeness (QED) is 0.228. The van der Waals surface area contributed by atoms with Crippen LogP contribution in [-0.4, -0.2) is 47.9 Å². The van der Waals surface area contributed by atoms with Gasteiger partial charge in [0.05, 0.1) is 36.0 Å². The van der Waals surface area contributed by atoms with Gasteiger partial charge in [-0.2, -0.15) is 0 Å². The third-order valence-corrected chi connectivity index (χ3v) is 7.81. The third-order valence-electron chi connectivity index (χ3n) is 5.69. The minimum absolute atomic E-state index is 0.130. The summed E-state index contributed by atoms with van der Waals surface area (Å²) in [5, 5.41) is 5.48. The highest BCUT2D eigenvalue weighted by Gasteiger charge is 2.28. The van der Waals surface area contributed by atoms with E-state index in [9.17, 15) is 8.42 Å². The minimum atomic E-state index is -3.93. The molecule has 0 bridgehead atoms. The van der Waals surface area contributed by atoms with Gasteiger partial charge in [0, 0.05) is 23.5 Å². The lowest BCUT2D eigenvalue weighted by molar-refractivity contribution is 0.150. The molecule has 0 atom stereocenters. The van der Waals surface area contributed by atoms with Crippen LogP contribution in [0.25, 0.3) is 10.8 Å². The van der Waals surface area contributed by atoms with Crippen molar-refractivity contribution >= 4 is 43.8 Å². The van der Waals surface area contributed by atoms with Crippen LogP contribution in [0.1, 0.15) is 0 Å². The number of nitrogens with zero attached hydrogens (tertiary/aromatic N) is 1. The number of hydrogen-bond acceptors (Lipinski definition) is 6. The second-order valence-electron chi connectivity index (χ2n) is 8.20. The summed E-state index contributed by atoms with van der Waals surface area (Å²) in [6.07, 6.45) is 0. The second-order valence-corrected chi connectivity index (χ2v) is 10.5. The Morgan fingerprint density at radius 2 is 1.57 bits per heavy atom. The summed E-state index contributed by atoms with van der Waals surface area (Å²) >= 11 is 5.93. The molecule has 0 aliphatic carbocycles. The Labute approximate surface area is 222 Å². The fraction of sp³-hybridized carbons (Fsp3) is 0.214. The molecule has 0 amide bonds. The highest BCUT2D eigenvalue weighted by atomic mass is 35.5. The van der Waals surface area contributed by atoms with Crippen LogP contribution in [-0.2, 0) is 14.8 Å². The number of para-hydroxylation sites is 2. The monoisotopic (exact) mass is 539 g/mol. The molecular weight excluding hydrogens is 510 g/mol. The van der Waals surface area contributed by atoms with Crippen molar-refractivity contribution in [3.63, 3.8) is 0 Å². The lowest BCUT2D eigenvalue weighted by Gasteiger charge is -2.27. The van der Waals surface area contributed by atoms with Crippen LogP contribution >= 0.6 is 11.6 Å². The van der Waals surface area contributed by atoms with Crippen LogP contribution < -0.4 is 20.1 Å². The zero-order chi connectivity index (χ0) is 26.1. The number of anilines is 2. The van der Waals surface area contributed by atoms with Gasteiger partial charge in [0.25, 0.3) is 10.0 Å². The van der Waals surface area contributed by atoms with Gasteiger partial charge in [0.1, 0.15) is 12.4 Å². The number of nitrogens with two attached hydrogens (primary N) is 1. The Kier molecular flexibility index (Phi) is 9.24. The van der Waals surface area contributed by atoms with Crippen molar-refractivity contribution in [2.75, 3.05) is 49.1 Å². The molecule has 3 N–H and O–H groups in total. The van der Waals surface area contributed by atoms with Gasteiger partial charge in [-0.1, -0.05) is 60.1 Å². The topological polar surface area (TPSA) is 93.9 Å². The van der Waals surface area contributed by atoms with E-state index in [-0.39, 0.29) is 18.0 Å². The van der Waals surface area contributed by atoms with E-state index in [0.29, 0.717) is 53.8 Å². The van der Waals surface area contributed by atoms with Crippen molar-refractivity contribution < 1.29 is 17.9 Å². The molecule has 0 saturated heterocycles. The Balaban J connectivity index is 1.60. The maximum Gasteiger partial charge on any atom is 0.265 e. The molecular formula is C28H30ClN3O4S. The fourth-order valence-electron chi connectivity index (χ4n) is 3.97. The maximum atomic E-state index is 14.1. The summed E-state index contributed by atoms with van der Waals surface area (Å²) in [4.78, 5) is 0.241. The zero-order valence-corrected chi connectivity index (χ0v) is 21.9. The summed E-state index contributed by atoms with van der Waals surface area (Å²) in [6, 6.07) is 27.2. The normalized spacial score (nSPS) is 11.4. The van der Waals surface area contributed by atoms with Crippen LogP contribution in [0.2, 0.25) is 5.02 Å². The number of halogens is 1. The number of hydrogen-bond donors (Lipinski definition) is 2. The standard InChI is InChI=1S/C28H30ClN3O4S/c29-23-12-14-24(15-13-23)36-20-17-31-26-9-3-4-10-27(26)32(18-21-35-19-16-30)37(33,34)28-11-5-7-22-6-1-2-8-25(22)28/h1-15,31H,16-21,30H2. The molecule has 194 valence electrons. The van der Waals surface area contributed by atoms with Crippen LogP contribution in [0, 0.1) is 0 Å². The molecule has 4 aromatic rings. The van der Waals surface area contributed by atoms with E-state index in [1.807, 2.05) is 48.5 Å². The van der Waals surface area contributed by atoms with Gasteiger partial charge < -0.3 is 20.5 Å². The van der Waals surface area contributed by atoms with E-state index in [0.717, 1.165) is 5.39 Å². The van der Waals surface area contributed by atoms with Crippen molar-refractivity contribution in [3.8, 4) is 5.75 Å². The number of fused-ring (bicyclic) bond motifs is 1. The molecule has 0 spiro atoms. The molecule has 0 aromatic heterocycles. The smallest absolute Gasteiger partial charge is 0.265 e. The fourth-order valence-corrected chi connectivity index (χ4v) is 5.78. The van der Waals surface area contributed by atoms with Crippen molar-refractivity contribution in [1.29, 1.82) is 0 Å². The molecule has 7 nitrogen and oxygen atoms in total. The van der Waals surface area contributed by atoms with Crippen LogP contribution in [0.4, 0.5) is 11.4 Å². The van der Waals surface area contributed by atoms with E-state index in [1.54, 1.807) is 42.5 Å². The molecule has 9 heteroatoms. The first kappa shape index (κ1) is 26.8. The summed E-state index contributed by atoms with van der Waals surface area (Å²) in [7, 11) is -3.93. The number of rotatable bonds is 13. The summed E-state index contributed by atoms with van der Waals surface area (Å²) < 4.78 is 40.9. The predicted molar refractivity (Wildman–Crippen MR) is 150 cm³/mol. The lowest BCUT2D eigenvalue weighted by atomic mass is 10.1. The summed E-state index contributed by atoms with van der Waals surface area (Å²) in [5.41, 5.74) is 6.75. The van der Waals surface area contributed by atoms with Gasteiger partial charge in [-0.25, -0.2) is 8.42 Å². The van der Waals surface area contributed by atoms with Gasteiger partial charge in [-0.3, -0.25) is 4.31 Å². The average Bonchev–Trinajstić information content (AvgIpc) is 2.92. The Bertz CT molecular complexity index is 1410. The van der Waals surface area contributed by atoms with E-state index >= 15 is 0 Å². The van der Waals surface area contributed by atoms with Gasteiger partial charge in [-0.05, 0) is 47.9 Å². The van der Waals surface area contributed by atoms with Gasteiger partial charge in [-0.15, -0.1) is 0 Å². The molecule has 0 radical (unpaired) electrons. The van der Waals surface area contributed by atoms with E-state index in [2.05, 4.69) is 5.32 Å². The molecule has 0 aliphatic rings. The highest BCUT2D eigenvalue weighted by Crippen LogP contribution is 2.33. The average molecular weight is 540 g/mol. The Morgan fingerprint density at radius 1 is 0.838 bits per heavy atom. The first-order chi connectivity index (χ1) is 18.0. The number of ether oxygens (including phenoxy) is 2. The molecule has 0 aliphatic heterocycles. The maximum absolute atomic E-state index is 14.1. The molecule has 0 saturated carbocycles. The van der Waals surface area contributed by atoms with Crippen LogP contribution in [0.3, 0.4) is 0 Å². The molecule has 4 aromatic carbocycles. The van der Waals surface area contributed by atoms with Gasteiger partial charge in [0.15, 0.2) is 0 Å². The summed E-state index contributed by atoms with van der Waals surface area (Å²) in [6.45, 7) is 1.89. The van der Waals surface area contributed by atoms with E-state index in [1.165, 1.54) is 4.31 Å². The van der Waals surface area contributed by atoms with E-state index < -0.39 is 10.0 Å². The van der Waals surface area contributed by atoms with Gasteiger partial charge in [0.2, 0.25) is 0 Å².